The van der Waals surface area contributed by atoms with Crippen molar-refractivity contribution in [2.75, 3.05) is 18.4 Å². The van der Waals surface area contributed by atoms with Crippen LogP contribution < -0.4 is 5.32 Å². The van der Waals surface area contributed by atoms with Crippen LogP contribution in [0.1, 0.15) is 16.8 Å². The Labute approximate surface area is 108 Å². The van der Waals surface area contributed by atoms with E-state index in [1.54, 1.807) is 0 Å². The number of carboxylic acids is 1. The summed E-state index contributed by atoms with van der Waals surface area (Å²) in [7, 11) is 0. The normalized spacial score (nSPS) is 18.4. The van der Waals surface area contributed by atoms with Gasteiger partial charge in [-0.2, -0.15) is 0 Å². The smallest absolute Gasteiger partial charge is 0.337 e. The molecule has 19 heavy (non-hydrogen) atoms. The van der Waals surface area contributed by atoms with E-state index in [-0.39, 0.29) is 17.8 Å². The molecule has 1 heterocycles. The van der Waals surface area contributed by atoms with E-state index < -0.39 is 23.9 Å². The molecule has 1 aliphatic rings. The molecule has 7 heteroatoms. The highest BCUT2D eigenvalue weighted by Crippen LogP contribution is 2.19. The number of likely N-dealkylation sites (tertiary alicyclic amines) is 1. The predicted molar refractivity (Wildman–Crippen MR) is 64.6 cm³/mol. The number of aromatic carboxylic acids is 1. The van der Waals surface area contributed by atoms with Gasteiger partial charge in [-0.3, -0.25) is 0 Å². The molecule has 2 amide bonds. The third-order valence-electron chi connectivity index (χ3n) is 2.90. The van der Waals surface area contributed by atoms with Crippen LogP contribution in [0.5, 0.6) is 0 Å². The number of halogens is 1. The van der Waals surface area contributed by atoms with Crippen molar-refractivity contribution >= 4 is 17.7 Å². The summed E-state index contributed by atoms with van der Waals surface area (Å²) >= 11 is 0. The van der Waals surface area contributed by atoms with Crippen LogP contribution in [0.2, 0.25) is 0 Å². The molecule has 1 aromatic carbocycles. The van der Waals surface area contributed by atoms with Gasteiger partial charge in [-0.05, 0) is 24.6 Å². The Morgan fingerprint density at radius 3 is 2.74 bits per heavy atom. The highest BCUT2D eigenvalue weighted by atomic mass is 19.1. The third kappa shape index (κ3) is 3.00. The second-order valence-corrected chi connectivity index (χ2v) is 4.31. The van der Waals surface area contributed by atoms with E-state index in [0.717, 1.165) is 12.1 Å². The summed E-state index contributed by atoms with van der Waals surface area (Å²) in [5.74, 6) is -2.01. The van der Waals surface area contributed by atoms with Crippen molar-refractivity contribution in [2.45, 2.75) is 12.5 Å². The molecule has 6 nitrogen and oxygen atoms in total. The molecule has 0 saturated carbocycles. The van der Waals surface area contributed by atoms with Gasteiger partial charge in [0.25, 0.3) is 0 Å². The number of nitrogens with zero attached hydrogens (tertiary/aromatic N) is 1. The number of anilines is 1. The Balaban J connectivity index is 2.14. The molecule has 0 aromatic heterocycles. The van der Waals surface area contributed by atoms with E-state index >= 15 is 0 Å². The van der Waals surface area contributed by atoms with Gasteiger partial charge in [-0.1, -0.05) is 0 Å². The predicted octanol–water partition coefficient (Wildman–Crippen LogP) is 1.12. The zero-order valence-corrected chi connectivity index (χ0v) is 9.97. The molecule has 1 atom stereocenters. The minimum Gasteiger partial charge on any atom is -0.478 e. The van der Waals surface area contributed by atoms with Gasteiger partial charge in [-0.25, -0.2) is 14.0 Å². The molecular weight excluding hydrogens is 255 g/mol. The van der Waals surface area contributed by atoms with Gasteiger partial charge in [0.2, 0.25) is 0 Å². The number of carbonyl (C=O) groups is 2. The Kier molecular flexibility index (Phi) is 3.66. The molecule has 0 radical (unpaired) electrons. The minimum atomic E-state index is -1.32. The number of hydrogen-bond acceptors (Lipinski definition) is 3. The van der Waals surface area contributed by atoms with Gasteiger partial charge in [0.05, 0.1) is 17.4 Å². The number of benzene rings is 1. The average Bonchev–Trinajstić information content (AvgIpc) is 2.78. The van der Waals surface area contributed by atoms with Crippen LogP contribution in [0.3, 0.4) is 0 Å². The number of rotatable bonds is 2. The van der Waals surface area contributed by atoms with Gasteiger partial charge in [0.1, 0.15) is 5.82 Å². The maximum absolute atomic E-state index is 13.0. The molecule has 102 valence electrons. The summed E-state index contributed by atoms with van der Waals surface area (Å²) in [6, 6.07) is 2.60. The summed E-state index contributed by atoms with van der Waals surface area (Å²) in [5.41, 5.74) is -0.284. The maximum Gasteiger partial charge on any atom is 0.337 e. The van der Waals surface area contributed by atoms with Gasteiger partial charge >= 0.3 is 12.0 Å². The van der Waals surface area contributed by atoms with Crippen LogP contribution in [0.4, 0.5) is 14.9 Å². The van der Waals surface area contributed by atoms with Crippen molar-refractivity contribution < 1.29 is 24.2 Å². The quantitative estimate of drug-likeness (QED) is 0.749. The van der Waals surface area contributed by atoms with E-state index in [9.17, 15) is 19.1 Å². The van der Waals surface area contributed by atoms with Gasteiger partial charge in [0, 0.05) is 13.1 Å². The number of carbonyl (C=O) groups excluding carboxylic acids is 1. The first-order valence-corrected chi connectivity index (χ1v) is 5.74. The molecule has 1 saturated heterocycles. The van der Waals surface area contributed by atoms with E-state index in [4.69, 9.17) is 5.11 Å². The van der Waals surface area contributed by atoms with Crippen molar-refractivity contribution in [3.05, 3.63) is 29.6 Å². The third-order valence-corrected chi connectivity index (χ3v) is 2.90. The van der Waals surface area contributed by atoms with E-state index in [0.29, 0.717) is 13.0 Å². The van der Waals surface area contributed by atoms with Crippen LogP contribution in [0, 0.1) is 5.82 Å². The first-order valence-electron chi connectivity index (χ1n) is 5.74. The maximum atomic E-state index is 13.0. The van der Waals surface area contributed by atoms with Gasteiger partial charge < -0.3 is 20.4 Å². The molecule has 0 aliphatic carbocycles. The Morgan fingerprint density at radius 2 is 2.16 bits per heavy atom. The Hall–Kier alpha value is -2.15. The van der Waals surface area contributed by atoms with E-state index in [2.05, 4.69) is 5.32 Å². The van der Waals surface area contributed by atoms with Gasteiger partial charge in [0.15, 0.2) is 0 Å². The van der Waals surface area contributed by atoms with Crippen molar-refractivity contribution in [1.29, 1.82) is 0 Å². The SMILES string of the molecule is O=C(O)c1cc(F)ccc1NC(=O)N1CCC(O)C1. The molecule has 1 aromatic rings. The summed E-state index contributed by atoms with van der Waals surface area (Å²) in [6.07, 6.45) is -0.0688. The number of aliphatic hydroxyl groups is 1. The van der Waals surface area contributed by atoms with Crippen LogP contribution in [0.25, 0.3) is 0 Å². The number of aliphatic hydroxyl groups excluding tert-OH is 1. The second kappa shape index (κ2) is 5.23. The monoisotopic (exact) mass is 268 g/mol. The number of carboxylic acid groups (broad SMARTS) is 1. The largest absolute Gasteiger partial charge is 0.478 e. The molecule has 1 fully saturated rings. The molecule has 1 aliphatic heterocycles. The van der Waals surface area contributed by atoms with Crippen molar-refractivity contribution in [1.82, 2.24) is 4.90 Å². The molecule has 0 spiro atoms. The highest BCUT2D eigenvalue weighted by molar-refractivity contribution is 6.00. The molecule has 0 bridgehead atoms. The molecule has 2 rings (SSSR count). The highest BCUT2D eigenvalue weighted by Gasteiger charge is 2.25. The van der Waals surface area contributed by atoms with Crippen molar-refractivity contribution in [3.63, 3.8) is 0 Å². The first kappa shape index (κ1) is 13.3. The van der Waals surface area contributed by atoms with Crippen LogP contribution in [0.15, 0.2) is 18.2 Å². The van der Waals surface area contributed by atoms with E-state index in [1.807, 2.05) is 0 Å². The first-order chi connectivity index (χ1) is 8.97. The lowest BCUT2D eigenvalue weighted by Gasteiger charge is -2.17. The van der Waals surface area contributed by atoms with Crippen molar-refractivity contribution in [3.8, 4) is 0 Å². The topological polar surface area (TPSA) is 89.9 Å². The summed E-state index contributed by atoms with van der Waals surface area (Å²) < 4.78 is 13.0. The molecular formula is C12H13FN2O4. The fourth-order valence-corrected chi connectivity index (χ4v) is 1.92. The van der Waals surface area contributed by atoms with Crippen LogP contribution in [-0.4, -0.2) is 46.3 Å². The lowest BCUT2D eigenvalue weighted by molar-refractivity contribution is 0.0697. The number of β-amino-alcohol motifs (C(OH)–C–C–N with tert-alkyl or cyclic N) is 1. The zero-order valence-electron chi connectivity index (χ0n) is 9.97. The lowest BCUT2D eigenvalue weighted by atomic mass is 10.1. The number of urea groups is 1. The minimum absolute atomic E-state index is 0.0280. The fourth-order valence-electron chi connectivity index (χ4n) is 1.92. The zero-order chi connectivity index (χ0) is 14.0. The number of amides is 2. The lowest BCUT2D eigenvalue weighted by Crippen LogP contribution is -2.34. The Morgan fingerprint density at radius 1 is 1.42 bits per heavy atom. The number of nitrogens with one attached hydrogen (secondary N) is 1. The van der Waals surface area contributed by atoms with Crippen LogP contribution >= 0.6 is 0 Å². The summed E-state index contributed by atoms with van der Waals surface area (Å²) in [6.45, 7) is 0.603. The van der Waals surface area contributed by atoms with Gasteiger partial charge in [-0.15, -0.1) is 0 Å². The molecule has 1 unspecified atom stereocenters. The molecule has 3 N–H and O–H groups in total. The van der Waals surface area contributed by atoms with E-state index in [1.165, 1.54) is 11.0 Å². The standard InChI is InChI=1S/C12H13FN2O4/c13-7-1-2-10(9(5-7)11(17)18)14-12(19)15-4-3-8(16)6-15/h1-2,5,8,16H,3-4,6H2,(H,14,19)(H,17,18). The summed E-state index contributed by atoms with van der Waals surface area (Å²) in [4.78, 5) is 24.2. The second-order valence-electron chi connectivity index (χ2n) is 4.31. The number of hydrogen-bond donors (Lipinski definition) is 3. The Bertz CT molecular complexity index is 520. The van der Waals surface area contributed by atoms with Crippen LogP contribution in [-0.2, 0) is 0 Å². The fraction of sp³-hybridized carbons (Fsp3) is 0.333. The summed E-state index contributed by atoms with van der Waals surface area (Å²) in [5, 5.41) is 20.7. The van der Waals surface area contributed by atoms with Crippen molar-refractivity contribution in [2.24, 2.45) is 0 Å². The average molecular weight is 268 g/mol.